The van der Waals surface area contributed by atoms with Gasteiger partial charge in [-0.25, -0.2) is 13.6 Å². The number of aryl methyl sites for hydroxylation is 1. The summed E-state index contributed by atoms with van der Waals surface area (Å²) in [4.78, 5) is 13.9. The normalized spacial score (nSPS) is 12.8. The average molecular weight is 499 g/mol. The van der Waals surface area contributed by atoms with Crippen LogP contribution < -0.4 is 11.1 Å². The molecule has 0 bridgehead atoms. The first-order valence-corrected chi connectivity index (χ1v) is 12.8. The number of thioether (sulfide) groups is 1. The Balaban J connectivity index is 1.72. The summed E-state index contributed by atoms with van der Waals surface area (Å²) in [5.41, 5.74) is 9.61. The minimum atomic E-state index is -0.703. The van der Waals surface area contributed by atoms with E-state index in [1.807, 2.05) is 31.2 Å². The van der Waals surface area contributed by atoms with Crippen molar-refractivity contribution < 1.29 is 18.3 Å². The van der Waals surface area contributed by atoms with E-state index < -0.39 is 29.7 Å². The third-order valence-corrected chi connectivity index (χ3v) is 6.46. The molecular weight excluding hydrogens is 466 g/mol. The van der Waals surface area contributed by atoms with Crippen LogP contribution in [0.4, 0.5) is 8.78 Å². The van der Waals surface area contributed by atoms with Crippen LogP contribution in [0.15, 0.2) is 71.6 Å². The Kier molecular flexibility index (Phi) is 10.3. The van der Waals surface area contributed by atoms with Gasteiger partial charge < -0.3 is 15.8 Å². The Morgan fingerprint density at radius 1 is 0.971 bits per heavy atom. The van der Waals surface area contributed by atoms with Gasteiger partial charge in [0.15, 0.2) is 0 Å². The van der Waals surface area contributed by atoms with Crippen molar-refractivity contribution in [1.82, 2.24) is 5.32 Å². The third kappa shape index (κ3) is 8.46. The lowest BCUT2D eigenvalue weighted by Gasteiger charge is -2.25. The number of rotatable bonds is 12. The SMILES string of the molecule is CCSc1cccc(C(=O)OC(CNCc2cccc(CC)c2)C(N)Cc2cc(F)cc(F)c2)c1. The molecule has 3 aromatic rings. The fraction of sp³-hybridized carbons (Fsp3) is 0.321. The van der Waals surface area contributed by atoms with Crippen molar-refractivity contribution in [3.63, 3.8) is 0 Å². The van der Waals surface area contributed by atoms with Crippen LogP contribution in [0.2, 0.25) is 0 Å². The van der Waals surface area contributed by atoms with Gasteiger partial charge in [-0.1, -0.05) is 44.2 Å². The second kappa shape index (κ2) is 13.4. The first-order valence-electron chi connectivity index (χ1n) is 11.8. The van der Waals surface area contributed by atoms with Gasteiger partial charge in [-0.15, -0.1) is 11.8 Å². The van der Waals surface area contributed by atoms with E-state index >= 15 is 0 Å². The van der Waals surface area contributed by atoms with E-state index in [-0.39, 0.29) is 6.42 Å². The van der Waals surface area contributed by atoms with Crippen molar-refractivity contribution in [2.24, 2.45) is 5.73 Å². The van der Waals surface area contributed by atoms with Gasteiger partial charge in [0.25, 0.3) is 0 Å². The summed E-state index contributed by atoms with van der Waals surface area (Å²) < 4.78 is 33.2. The molecule has 3 rings (SSSR count). The molecule has 0 radical (unpaired) electrons. The van der Waals surface area contributed by atoms with Crippen molar-refractivity contribution in [2.75, 3.05) is 12.3 Å². The molecule has 0 aliphatic rings. The van der Waals surface area contributed by atoms with Crippen LogP contribution in [0.1, 0.15) is 40.9 Å². The highest BCUT2D eigenvalue weighted by molar-refractivity contribution is 7.99. The summed E-state index contributed by atoms with van der Waals surface area (Å²) >= 11 is 1.64. The number of nitrogens with one attached hydrogen (secondary N) is 1. The summed E-state index contributed by atoms with van der Waals surface area (Å²) in [5, 5.41) is 3.32. The second-order valence-electron chi connectivity index (χ2n) is 8.35. The summed E-state index contributed by atoms with van der Waals surface area (Å²) in [7, 11) is 0. The molecule has 186 valence electrons. The zero-order valence-corrected chi connectivity index (χ0v) is 20.9. The highest BCUT2D eigenvalue weighted by Gasteiger charge is 2.24. The molecule has 4 nitrogen and oxygen atoms in total. The predicted octanol–water partition coefficient (Wildman–Crippen LogP) is 5.52. The van der Waals surface area contributed by atoms with Crippen LogP contribution in [0.5, 0.6) is 0 Å². The van der Waals surface area contributed by atoms with E-state index in [0.717, 1.165) is 28.7 Å². The van der Waals surface area contributed by atoms with Crippen LogP contribution in [0.25, 0.3) is 0 Å². The van der Waals surface area contributed by atoms with Gasteiger partial charge in [-0.05, 0) is 65.6 Å². The van der Waals surface area contributed by atoms with Gasteiger partial charge in [0.1, 0.15) is 17.7 Å². The molecule has 35 heavy (non-hydrogen) atoms. The molecule has 3 aromatic carbocycles. The van der Waals surface area contributed by atoms with E-state index in [1.54, 1.807) is 23.9 Å². The van der Waals surface area contributed by atoms with Crippen molar-refractivity contribution in [2.45, 2.75) is 50.3 Å². The second-order valence-corrected chi connectivity index (χ2v) is 9.69. The van der Waals surface area contributed by atoms with Crippen LogP contribution in [-0.2, 0) is 24.1 Å². The molecule has 0 spiro atoms. The zero-order valence-electron chi connectivity index (χ0n) is 20.1. The van der Waals surface area contributed by atoms with E-state index in [0.29, 0.717) is 24.2 Å². The summed E-state index contributed by atoms with van der Waals surface area (Å²) in [6, 6.07) is 18.2. The fourth-order valence-corrected chi connectivity index (χ4v) is 4.53. The van der Waals surface area contributed by atoms with E-state index in [4.69, 9.17) is 10.5 Å². The Labute approximate surface area is 210 Å². The lowest BCUT2D eigenvalue weighted by Crippen LogP contribution is -2.46. The van der Waals surface area contributed by atoms with Gasteiger partial charge in [0, 0.05) is 30.1 Å². The smallest absolute Gasteiger partial charge is 0.338 e. The maximum Gasteiger partial charge on any atom is 0.338 e. The van der Waals surface area contributed by atoms with Crippen molar-refractivity contribution in [3.8, 4) is 0 Å². The maximum atomic E-state index is 13.7. The Hall–Kier alpha value is -2.74. The average Bonchev–Trinajstić information content (AvgIpc) is 2.83. The first kappa shape index (κ1) is 26.9. The largest absolute Gasteiger partial charge is 0.456 e. The lowest BCUT2D eigenvalue weighted by molar-refractivity contribution is 0.0238. The number of ether oxygens (including phenoxy) is 1. The number of benzene rings is 3. The number of carbonyl (C=O) groups excluding carboxylic acids is 1. The molecule has 7 heteroatoms. The molecule has 0 aliphatic carbocycles. The van der Waals surface area contributed by atoms with Gasteiger partial charge in [-0.2, -0.15) is 0 Å². The Bertz CT molecular complexity index is 1110. The molecule has 0 aliphatic heterocycles. The Morgan fingerprint density at radius 2 is 1.69 bits per heavy atom. The lowest BCUT2D eigenvalue weighted by atomic mass is 10.0. The zero-order chi connectivity index (χ0) is 25.2. The van der Waals surface area contributed by atoms with Crippen LogP contribution >= 0.6 is 11.8 Å². The molecule has 2 atom stereocenters. The maximum absolute atomic E-state index is 13.7. The van der Waals surface area contributed by atoms with E-state index in [1.165, 1.54) is 17.7 Å². The first-order chi connectivity index (χ1) is 16.9. The van der Waals surface area contributed by atoms with Gasteiger partial charge in [0.2, 0.25) is 0 Å². The molecule has 0 heterocycles. The highest BCUT2D eigenvalue weighted by Crippen LogP contribution is 2.20. The van der Waals surface area contributed by atoms with Crippen LogP contribution in [0.3, 0.4) is 0 Å². The molecule has 0 aromatic heterocycles. The van der Waals surface area contributed by atoms with Gasteiger partial charge >= 0.3 is 5.97 Å². The minimum Gasteiger partial charge on any atom is -0.456 e. The Morgan fingerprint density at radius 3 is 2.40 bits per heavy atom. The molecule has 0 amide bonds. The van der Waals surface area contributed by atoms with Crippen LogP contribution in [-0.4, -0.2) is 30.4 Å². The summed E-state index contributed by atoms with van der Waals surface area (Å²) in [6.07, 6.45) is 0.398. The summed E-state index contributed by atoms with van der Waals surface area (Å²) in [5.74, 6) is -0.927. The van der Waals surface area contributed by atoms with Crippen LogP contribution in [0, 0.1) is 11.6 Å². The summed E-state index contributed by atoms with van der Waals surface area (Å²) in [6.45, 7) is 5.02. The molecule has 0 saturated carbocycles. The monoisotopic (exact) mass is 498 g/mol. The van der Waals surface area contributed by atoms with Crippen molar-refractivity contribution in [1.29, 1.82) is 0 Å². The van der Waals surface area contributed by atoms with E-state index in [2.05, 4.69) is 24.4 Å². The van der Waals surface area contributed by atoms with E-state index in [9.17, 15) is 13.6 Å². The standard InChI is InChI=1S/C28H32F2N2O2S/c1-3-19-7-5-8-20(11-19)17-32-18-27(26(31)14-21-12-23(29)16-24(30)13-21)34-28(33)22-9-6-10-25(15-22)35-4-2/h5-13,15-16,26-27,32H,3-4,14,17-18,31H2,1-2H3. The number of carbonyl (C=O) groups is 1. The third-order valence-electron chi connectivity index (χ3n) is 5.58. The molecule has 3 N–H and O–H groups in total. The number of nitrogens with two attached hydrogens (primary N) is 1. The van der Waals surface area contributed by atoms with Gasteiger partial charge in [-0.3, -0.25) is 0 Å². The quantitative estimate of drug-likeness (QED) is 0.254. The van der Waals surface area contributed by atoms with Gasteiger partial charge in [0.05, 0.1) is 5.56 Å². The minimum absolute atomic E-state index is 0.158. The van der Waals surface area contributed by atoms with Crippen molar-refractivity contribution in [3.05, 3.63) is 101 Å². The number of hydrogen-bond acceptors (Lipinski definition) is 5. The number of halogens is 2. The molecular formula is C28H32F2N2O2S. The predicted molar refractivity (Wildman–Crippen MR) is 138 cm³/mol. The number of esters is 1. The molecule has 0 fully saturated rings. The topological polar surface area (TPSA) is 64.3 Å². The highest BCUT2D eigenvalue weighted by atomic mass is 32.2. The molecule has 0 saturated heterocycles. The molecule has 2 unspecified atom stereocenters. The fourth-order valence-electron chi connectivity index (χ4n) is 3.82. The van der Waals surface area contributed by atoms with Crippen molar-refractivity contribution >= 4 is 17.7 Å². The number of hydrogen-bond donors (Lipinski definition) is 2.